The molecule has 164 valence electrons. The maximum Gasteiger partial charge on any atom is 0.416 e. The van der Waals surface area contributed by atoms with E-state index in [-0.39, 0.29) is 11.3 Å². The second kappa shape index (κ2) is 8.93. The molecule has 2 aromatic carbocycles. The molecule has 0 aliphatic heterocycles. The van der Waals surface area contributed by atoms with Crippen molar-refractivity contribution >= 4 is 29.3 Å². The van der Waals surface area contributed by atoms with Gasteiger partial charge in [-0.15, -0.1) is 0 Å². The van der Waals surface area contributed by atoms with Gasteiger partial charge < -0.3 is 9.88 Å². The van der Waals surface area contributed by atoms with Gasteiger partial charge in [-0.1, -0.05) is 23.7 Å². The quantitative estimate of drug-likeness (QED) is 0.353. The first-order valence-electron chi connectivity index (χ1n) is 9.57. The van der Waals surface area contributed by atoms with Crippen molar-refractivity contribution in [3.8, 4) is 11.8 Å². The van der Waals surface area contributed by atoms with Crippen LogP contribution >= 0.6 is 11.6 Å². The third-order valence-corrected chi connectivity index (χ3v) is 5.47. The lowest BCUT2D eigenvalue weighted by molar-refractivity contribution is -0.137. The summed E-state index contributed by atoms with van der Waals surface area (Å²) in [6.45, 7) is 5.63. The van der Waals surface area contributed by atoms with Gasteiger partial charge in [0.1, 0.15) is 11.6 Å². The number of nitriles is 1. The van der Waals surface area contributed by atoms with Crippen molar-refractivity contribution in [1.82, 2.24) is 4.57 Å². The van der Waals surface area contributed by atoms with Crippen molar-refractivity contribution in [1.29, 1.82) is 5.26 Å². The van der Waals surface area contributed by atoms with Crippen molar-refractivity contribution in [2.45, 2.75) is 26.9 Å². The molecule has 0 aliphatic carbocycles. The topological polar surface area (TPSA) is 57.8 Å². The minimum absolute atomic E-state index is 0.0500. The Bertz CT molecular complexity index is 1270. The summed E-state index contributed by atoms with van der Waals surface area (Å²) in [6, 6.07) is 13.4. The minimum Gasteiger partial charge on any atom is -0.321 e. The molecule has 0 fully saturated rings. The fraction of sp³-hybridized carbons (Fsp3) is 0.167. The monoisotopic (exact) mass is 457 g/mol. The summed E-state index contributed by atoms with van der Waals surface area (Å²) < 4.78 is 40.7. The van der Waals surface area contributed by atoms with Gasteiger partial charge in [-0.3, -0.25) is 4.79 Å². The maximum absolute atomic E-state index is 12.9. The minimum atomic E-state index is -4.54. The smallest absolute Gasteiger partial charge is 0.321 e. The van der Waals surface area contributed by atoms with Crippen LogP contribution in [0.2, 0.25) is 5.02 Å². The lowest BCUT2D eigenvalue weighted by Gasteiger charge is -2.13. The van der Waals surface area contributed by atoms with Crippen LogP contribution in [-0.2, 0) is 11.0 Å². The van der Waals surface area contributed by atoms with Gasteiger partial charge in [-0.25, -0.2) is 0 Å². The van der Waals surface area contributed by atoms with Crippen LogP contribution in [0.4, 0.5) is 18.9 Å². The summed E-state index contributed by atoms with van der Waals surface area (Å²) in [5.41, 5.74) is 2.88. The zero-order chi connectivity index (χ0) is 23.6. The van der Waals surface area contributed by atoms with Gasteiger partial charge in [-0.2, -0.15) is 18.4 Å². The van der Waals surface area contributed by atoms with E-state index in [2.05, 4.69) is 5.32 Å². The largest absolute Gasteiger partial charge is 0.416 e. The third kappa shape index (κ3) is 4.71. The van der Waals surface area contributed by atoms with Crippen LogP contribution in [0.15, 0.2) is 54.1 Å². The van der Waals surface area contributed by atoms with E-state index in [1.54, 1.807) is 6.07 Å². The van der Waals surface area contributed by atoms with Crippen molar-refractivity contribution in [3.05, 3.63) is 87.2 Å². The summed E-state index contributed by atoms with van der Waals surface area (Å²) in [5.74, 6) is -0.796. The molecule has 1 amide bonds. The molecular formula is C24H19ClF3N3O. The second-order valence-electron chi connectivity index (χ2n) is 7.25. The first kappa shape index (κ1) is 23.2. The van der Waals surface area contributed by atoms with Gasteiger partial charge in [0.2, 0.25) is 0 Å². The highest BCUT2D eigenvalue weighted by molar-refractivity contribution is 6.31. The fourth-order valence-electron chi connectivity index (χ4n) is 3.42. The molecule has 0 saturated heterocycles. The zero-order valence-electron chi connectivity index (χ0n) is 17.5. The number of nitrogens with zero attached hydrogens (tertiary/aromatic N) is 2. The first-order chi connectivity index (χ1) is 15.0. The molecule has 1 aromatic heterocycles. The predicted molar refractivity (Wildman–Crippen MR) is 119 cm³/mol. The molecule has 1 N–H and O–H groups in total. The van der Waals surface area contributed by atoms with Crippen LogP contribution in [0.1, 0.15) is 28.1 Å². The Morgan fingerprint density at radius 2 is 1.81 bits per heavy atom. The van der Waals surface area contributed by atoms with Gasteiger partial charge in [0.05, 0.1) is 5.56 Å². The standard InChI is InChI=1S/C24H19ClF3N3O/c1-14-10-17(16(3)31(14)22-9-5-8-21(25)15(22)2)11-18(13-29)23(32)30-20-7-4-6-19(12-20)24(26,27)28/h4-12H,1-3H3,(H,30,32)/b18-11-. The van der Waals surface area contributed by atoms with Crippen LogP contribution in [-0.4, -0.2) is 10.5 Å². The molecule has 0 atom stereocenters. The van der Waals surface area contributed by atoms with E-state index < -0.39 is 17.6 Å². The number of alkyl halides is 3. The van der Waals surface area contributed by atoms with Gasteiger partial charge in [-0.05, 0) is 74.4 Å². The molecule has 3 rings (SSSR count). The van der Waals surface area contributed by atoms with Gasteiger partial charge in [0, 0.05) is 27.8 Å². The van der Waals surface area contributed by atoms with E-state index in [0.29, 0.717) is 10.6 Å². The number of hydrogen-bond donors (Lipinski definition) is 1. The van der Waals surface area contributed by atoms with Gasteiger partial charge in [0.25, 0.3) is 5.91 Å². The number of aryl methyl sites for hydroxylation is 1. The number of amides is 1. The Kier molecular flexibility index (Phi) is 6.47. The Hall–Kier alpha value is -3.50. The van der Waals surface area contributed by atoms with Gasteiger partial charge >= 0.3 is 6.18 Å². The molecule has 0 unspecified atom stereocenters. The van der Waals surface area contributed by atoms with Crippen molar-refractivity contribution in [3.63, 3.8) is 0 Å². The van der Waals surface area contributed by atoms with E-state index in [4.69, 9.17) is 11.6 Å². The highest BCUT2D eigenvalue weighted by atomic mass is 35.5. The van der Waals surface area contributed by atoms with Crippen LogP contribution in [0.25, 0.3) is 11.8 Å². The Morgan fingerprint density at radius 3 is 2.47 bits per heavy atom. The molecule has 3 aromatic rings. The van der Waals surface area contributed by atoms with Crippen molar-refractivity contribution < 1.29 is 18.0 Å². The number of halogens is 4. The predicted octanol–water partition coefficient (Wildman–Crippen LogP) is 6.62. The van der Waals surface area contributed by atoms with Crippen LogP contribution < -0.4 is 5.32 Å². The highest BCUT2D eigenvalue weighted by Gasteiger charge is 2.30. The summed E-state index contributed by atoms with van der Waals surface area (Å²) in [5, 5.41) is 12.5. The Balaban J connectivity index is 1.95. The molecule has 4 nitrogen and oxygen atoms in total. The molecule has 0 aliphatic rings. The highest BCUT2D eigenvalue weighted by Crippen LogP contribution is 2.31. The average Bonchev–Trinajstić information content (AvgIpc) is 3.00. The number of benzene rings is 2. The summed E-state index contributed by atoms with van der Waals surface area (Å²) in [6.07, 6.45) is -3.12. The van der Waals surface area contributed by atoms with Crippen LogP contribution in [0, 0.1) is 32.1 Å². The summed E-state index contributed by atoms with van der Waals surface area (Å²) in [7, 11) is 0. The number of carbonyl (C=O) groups excluding carboxylic acids is 1. The number of nitrogens with one attached hydrogen (secondary N) is 1. The molecule has 0 bridgehead atoms. The Morgan fingerprint density at radius 1 is 1.12 bits per heavy atom. The second-order valence-corrected chi connectivity index (χ2v) is 7.66. The molecular weight excluding hydrogens is 439 g/mol. The molecule has 32 heavy (non-hydrogen) atoms. The zero-order valence-corrected chi connectivity index (χ0v) is 18.3. The van der Waals surface area contributed by atoms with Crippen LogP contribution in [0.5, 0.6) is 0 Å². The number of hydrogen-bond acceptors (Lipinski definition) is 2. The molecule has 0 saturated carbocycles. The van der Waals surface area contributed by atoms with Crippen LogP contribution in [0.3, 0.4) is 0 Å². The first-order valence-corrected chi connectivity index (χ1v) is 9.95. The number of aromatic nitrogens is 1. The number of anilines is 1. The summed E-state index contributed by atoms with van der Waals surface area (Å²) >= 11 is 6.25. The molecule has 1 heterocycles. The van der Waals surface area contributed by atoms with E-state index in [0.717, 1.165) is 34.8 Å². The van der Waals surface area contributed by atoms with Crippen molar-refractivity contribution in [2.75, 3.05) is 5.32 Å². The number of rotatable bonds is 4. The third-order valence-electron chi connectivity index (χ3n) is 5.06. The lowest BCUT2D eigenvalue weighted by Crippen LogP contribution is -2.14. The van der Waals surface area contributed by atoms with E-state index in [9.17, 15) is 23.2 Å². The van der Waals surface area contributed by atoms with E-state index in [1.807, 2.05) is 49.6 Å². The maximum atomic E-state index is 12.9. The molecule has 0 spiro atoms. The van der Waals surface area contributed by atoms with E-state index >= 15 is 0 Å². The van der Waals surface area contributed by atoms with E-state index in [1.165, 1.54) is 18.2 Å². The normalized spacial score (nSPS) is 11.9. The summed E-state index contributed by atoms with van der Waals surface area (Å²) in [4.78, 5) is 12.6. The number of carbonyl (C=O) groups is 1. The van der Waals surface area contributed by atoms with Gasteiger partial charge in [0.15, 0.2) is 0 Å². The molecule has 0 radical (unpaired) electrons. The fourth-order valence-corrected chi connectivity index (χ4v) is 3.59. The molecule has 8 heteroatoms. The van der Waals surface area contributed by atoms with Crippen molar-refractivity contribution in [2.24, 2.45) is 0 Å². The lowest BCUT2D eigenvalue weighted by atomic mass is 10.1. The Labute approximate surface area is 188 Å². The average molecular weight is 458 g/mol. The SMILES string of the molecule is Cc1c(Cl)cccc1-n1c(C)cc(/C=C(/C#N)C(=O)Nc2cccc(C(F)(F)F)c2)c1C.